The van der Waals surface area contributed by atoms with Crippen molar-refractivity contribution in [2.24, 2.45) is 0 Å². The van der Waals surface area contributed by atoms with Crippen LogP contribution in [-0.2, 0) is 0 Å². The number of nitrogens with two attached hydrogens (primary N) is 1. The van der Waals surface area contributed by atoms with Crippen molar-refractivity contribution in [3.63, 3.8) is 0 Å². The van der Waals surface area contributed by atoms with E-state index in [1.165, 1.54) is 0 Å². The van der Waals surface area contributed by atoms with Gasteiger partial charge in [0.05, 0.1) is 10.9 Å². The van der Waals surface area contributed by atoms with Gasteiger partial charge < -0.3 is 5.73 Å². The topological polar surface area (TPSA) is 77.6 Å². The Kier molecular flexibility index (Phi) is 1.91. The molecule has 0 bridgehead atoms. The van der Waals surface area contributed by atoms with Gasteiger partial charge in [-0.25, -0.2) is 0 Å². The molecule has 2 heterocycles. The molecule has 0 unspecified atom stereocenters. The van der Waals surface area contributed by atoms with Gasteiger partial charge in [-0.1, -0.05) is 30.3 Å². The molecule has 0 aliphatic carbocycles. The number of hydrogen-bond donors (Lipinski definition) is 1. The molecule has 2 N–H and O–H groups in total. The molecule has 19 heavy (non-hydrogen) atoms. The van der Waals surface area contributed by atoms with Gasteiger partial charge in [-0.3, -0.25) is 4.98 Å². The number of hydrogen-bond acceptors (Lipinski definition) is 5. The van der Waals surface area contributed by atoms with Crippen LogP contribution in [0.25, 0.3) is 32.6 Å². The van der Waals surface area contributed by atoms with Gasteiger partial charge in [-0.05, 0) is 22.1 Å². The number of fused-ring (bicyclic) bond motifs is 6. The monoisotopic (exact) mass is 247 g/mol. The highest BCUT2D eigenvalue weighted by molar-refractivity contribution is 6.25. The maximum Gasteiger partial charge on any atom is 0.158 e. The van der Waals surface area contributed by atoms with Gasteiger partial charge in [-0.15, -0.1) is 10.2 Å². The second-order valence-corrected chi connectivity index (χ2v) is 4.34. The number of pyridine rings is 1. The lowest BCUT2D eigenvalue weighted by atomic mass is 10.0. The fourth-order valence-electron chi connectivity index (χ4n) is 2.52. The molecule has 2 aromatic heterocycles. The van der Waals surface area contributed by atoms with Crippen molar-refractivity contribution in [3.8, 4) is 0 Å². The van der Waals surface area contributed by atoms with Crippen LogP contribution in [0.4, 0.5) is 5.82 Å². The quantitative estimate of drug-likeness (QED) is 0.482. The number of nitrogen functional groups attached to an aromatic ring is 1. The van der Waals surface area contributed by atoms with Crippen LogP contribution >= 0.6 is 0 Å². The molecular weight excluding hydrogens is 238 g/mol. The molecule has 0 amide bonds. The van der Waals surface area contributed by atoms with E-state index in [9.17, 15) is 0 Å². The third-order valence-corrected chi connectivity index (χ3v) is 3.31. The van der Waals surface area contributed by atoms with Crippen LogP contribution in [0.15, 0.2) is 42.6 Å². The second-order valence-electron chi connectivity index (χ2n) is 4.34. The fourth-order valence-corrected chi connectivity index (χ4v) is 2.52. The van der Waals surface area contributed by atoms with E-state index in [0.717, 1.165) is 27.1 Å². The highest BCUT2D eigenvalue weighted by Crippen LogP contribution is 2.33. The summed E-state index contributed by atoms with van der Waals surface area (Å²) in [6.07, 6.45) is 1.74. The van der Waals surface area contributed by atoms with Crippen LogP contribution in [0.2, 0.25) is 0 Å². The standard InChI is InChI=1S/C14H9N5/c15-14-11-9-5-2-1-4-8(9)10-6-3-7-16-12(10)13(11)17-19-18-14/h1-7H,(H2,15,17,18). The van der Waals surface area contributed by atoms with Crippen molar-refractivity contribution in [2.45, 2.75) is 0 Å². The Morgan fingerprint density at radius 1 is 0.789 bits per heavy atom. The van der Waals surface area contributed by atoms with E-state index >= 15 is 0 Å². The predicted molar refractivity (Wildman–Crippen MR) is 74.6 cm³/mol. The molecule has 0 radical (unpaired) electrons. The zero-order valence-corrected chi connectivity index (χ0v) is 9.91. The molecule has 0 saturated heterocycles. The summed E-state index contributed by atoms with van der Waals surface area (Å²) in [5, 5.41) is 15.7. The predicted octanol–water partition coefficient (Wildman–Crippen LogP) is 2.31. The Balaban J connectivity index is 2.48. The van der Waals surface area contributed by atoms with Gasteiger partial charge in [0.2, 0.25) is 0 Å². The largest absolute Gasteiger partial charge is 0.382 e. The average Bonchev–Trinajstić information content (AvgIpc) is 2.47. The molecule has 4 rings (SSSR count). The van der Waals surface area contributed by atoms with E-state index in [1.807, 2.05) is 30.3 Å². The first-order valence-corrected chi connectivity index (χ1v) is 5.90. The highest BCUT2D eigenvalue weighted by Gasteiger charge is 2.12. The maximum absolute atomic E-state index is 5.97. The van der Waals surface area contributed by atoms with Crippen LogP contribution in [0.5, 0.6) is 0 Å². The fraction of sp³-hybridized carbons (Fsp3) is 0. The highest BCUT2D eigenvalue weighted by atomic mass is 15.3. The molecule has 2 aromatic carbocycles. The number of nitrogens with zero attached hydrogens (tertiary/aromatic N) is 4. The Morgan fingerprint density at radius 3 is 2.47 bits per heavy atom. The molecule has 0 atom stereocenters. The van der Waals surface area contributed by atoms with Crippen molar-refractivity contribution >= 4 is 38.4 Å². The van der Waals surface area contributed by atoms with Crippen LogP contribution in [0.3, 0.4) is 0 Å². The minimum atomic E-state index is 0.383. The van der Waals surface area contributed by atoms with Crippen LogP contribution < -0.4 is 5.73 Å². The SMILES string of the molecule is Nc1nnnc2c3ncccc3c3ccccc3c12. The van der Waals surface area contributed by atoms with Crippen LogP contribution in [0, 0.1) is 0 Å². The number of aromatic nitrogens is 4. The summed E-state index contributed by atoms with van der Waals surface area (Å²) >= 11 is 0. The Morgan fingerprint density at radius 2 is 1.58 bits per heavy atom. The van der Waals surface area contributed by atoms with Gasteiger partial charge >= 0.3 is 0 Å². The molecule has 0 saturated carbocycles. The van der Waals surface area contributed by atoms with Crippen molar-refractivity contribution in [1.82, 2.24) is 20.4 Å². The summed E-state index contributed by atoms with van der Waals surface area (Å²) in [5.74, 6) is 0.383. The summed E-state index contributed by atoms with van der Waals surface area (Å²) in [5.41, 5.74) is 7.47. The van der Waals surface area contributed by atoms with Crippen molar-refractivity contribution in [2.75, 3.05) is 5.73 Å². The normalized spacial score (nSPS) is 11.4. The zero-order valence-electron chi connectivity index (χ0n) is 9.91. The molecule has 5 heteroatoms. The lowest BCUT2D eigenvalue weighted by molar-refractivity contribution is 0.905. The lowest BCUT2D eigenvalue weighted by Crippen LogP contribution is -1.99. The summed E-state index contributed by atoms with van der Waals surface area (Å²) in [6, 6.07) is 12.0. The van der Waals surface area contributed by atoms with Crippen LogP contribution in [0.1, 0.15) is 0 Å². The molecule has 4 aromatic rings. The summed E-state index contributed by atoms with van der Waals surface area (Å²) < 4.78 is 0. The van der Waals surface area contributed by atoms with E-state index in [1.54, 1.807) is 6.20 Å². The average molecular weight is 247 g/mol. The minimum absolute atomic E-state index is 0.383. The molecule has 0 fully saturated rings. The number of benzene rings is 2. The maximum atomic E-state index is 5.97. The number of rotatable bonds is 0. The number of anilines is 1. The minimum Gasteiger partial charge on any atom is -0.382 e. The second kappa shape index (κ2) is 3.58. The third-order valence-electron chi connectivity index (χ3n) is 3.31. The molecule has 0 aliphatic heterocycles. The van der Waals surface area contributed by atoms with Gasteiger partial charge in [-0.2, -0.15) is 0 Å². The summed E-state index contributed by atoms with van der Waals surface area (Å²) in [7, 11) is 0. The smallest absolute Gasteiger partial charge is 0.158 e. The van der Waals surface area contributed by atoms with E-state index in [-0.39, 0.29) is 0 Å². The zero-order chi connectivity index (χ0) is 12.8. The van der Waals surface area contributed by atoms with E-state index in [2.05, 4.69) is 26.5 Å². The molecule has 0 aliphatic rings. The Hall–Kier alpha value is -2.82. The molecule has 90 valence electrons. The lowest BCUT2D eigenvalue weighted by Gasteiger charge is -2.08. The van der Waals surface area contributed by atoms with Gasteiger partial charge in [0.25, 0.3) is 0 Å². The molecule has 5 nitrogen and oxygen atoms in total. The Bertz CT molecular complexity index is 888. The first-order valence-electron chi connectivity index (χ1n) is 5.90. The van der Waals surface area contributed by atoms with E-state index in [4.69, 9.17) is 5.73 Å². The third kappa shape index (κ3) is 1.29. The molecule has 0 spiro atoms. The van der Waals surface area contributed by atoms with Crippen LogP contribution in [-0.4, -0.2) is 20.4 Å². The van der Waals surface area contributed by atoms with Gasteiger partial charge in [0.15, 0.2) is 5.82 Å². The van der Waals surface area contributed by atoms with Gasteiger partial charge in [0, 0.05) is 11.6 Å². The van der Waals surface area contributed by atoms with Crippen molar-refractivity contribution in [3.05, 3.63) is 42.6 Å². The first kappa shape index (κ1) is 10.1. The van der Waals surface area contributed by atoms with E-state index in [0.29, 0.717) is 11.3 Å². The van der Waals surface area contributed by atoms with Crippen molar-refractivity contribution < 1.29 is 0 Å². The Labute approximate surface area is 108 Å². The summed E-state index contributed by atoms with van der Waals surface area (Å²) in [4.78, 5) is 4.41. The van der Waals surface area contributed by atoms with E-state index < -0.39 is 0 Å². The summed E-state index contributed by atoms with van der Waals surface area (Å²) in [6.45, 7) is 0. The first-order chi connectivity index (χ1) is 9.36. The van der Waals surface area contributed by atoms with Gasteiger partial charge in [0.1, 0.15) is 5.52 Å². The van der Waals surface area contributed by atoms with Crippen molar-refractivity contribution in [1.29, 1.82) is 0 Å². The molecular formula is C14H9N5.